The summed E-state index contributed by atoms with van der Waals surface area (Å²) >= 11 is 0. The molecule has 5 aliphatic carbocycles. The topological polar surface area (TPSA) is 67.1 Å². The number of urea groups is 1. The third kappa shape index (κ3) is 2.32. The molecule has 0 aliphatic heterocycles. The first-order chi connectivity index (χ1) is 9.66. The van der Waals surface area contributed by atoms with E-state index in [4.69, 9.17) is 5.73 Å². The van der Waals surface area contributed by atoms with Crippen LogP contribution in [0, 0.1) is 23.7 Å². The number of amides is 2. The number of nitrogens with two attached hydrogens (primary N) is 1. The largest absolute Gasteiger partial charge is 0.334 e. The summed E-state index contributed by atoms with van der Waals surface area (Å²) in [6, 6.07) is 0.221. The van der Waals surface area contributed by atoms with Crippen molar-refractivity contribution in [3.63, 3.8) is 0 Å². The molecule has 0 aromatic carbocycles. The Morgan fingerprint density at radius 1 is 1.10 bits per heavy atom. The molecule has 5 fully saturated rings. The average Bonchev–Trinajstić information content (AvgIpc) is 3.17. The quantitative estimate of drug-likeness (QED) is 0.735. The second-order valence-corrected chi connectivity index (χ2v) is 7.98. The van der Waals surface area contributed by atoms with Crippen LogP contribution in [-0.4, -0.2) is 24.2 Å². The first-order valence-electron chi connectivity index (χ1n) is 8.44. The fraction of sp³-hybridized carbons (Fsp3) is 0.938. The molecule has 5 saturated carbocycles. The third-order valence-electron chi connectivity index (χ3n) is 6.18. The summed E-state index contributed by atoms with van der Waals surface area (Å²) in [6.45, 7) is 0.568. The number of nitrogens with one attached hydrogen (secondary N) is 2. The van der Waals surface area contributed by atoms with Crippen LogP contribution in [0.5, 0.6) is 0 Å². The lowest BCUT2D eigenvalue weighted by molar-refractivity contribution is -0.0136. The molecule has 1 atom stereocenters. The first-order valence-corrected chi connectivity index (χ1v) is 8.44. The molecule has 0 spiro atoms. The lowest BCUT2D eigenvalue weighted by Gasteiger charge is -2.56. The normalized spacial score (nSPS) is 43.4. The van der Waals surface area contributed by atoms with Crippen molar-refractivity contribution in [1.29, 1.82) is 0 Å². The van der Waals surface area contributed by atoms with E-state index in [1.165, 1.54) is 51.4 Å². The molecule has 2 amide bonds. The second-order valence-electron chi connectivity index (χ2n) is 7.98. The lowest BCUT2D eigenvalue weighted by atomic mass is 9.53. The Kier molecular flexibility index (Phi) is 2.99. The van der Waals surface area contributed by atoms with Crippen molar-refractivity contribution in [2.24, 2.45) is 29.4 Å². The van der Waals surface area contributed by atoms with Gasteiger partial charge in [0.25, 0.3) is 0 Å². The van der Waals surface area contributed by atoms with E-state index in [0.29, 0.717) is 12.5 Å². The zero-order valence-electron chi connectivity index (χ0n) is 12.2. The van der Waals surface area contributed by atoms with Gasteiger partial charge in [-0.25, -0.2) is 4.79 Å². The minimum Gasteiger partial charge on any atom is -0.334 e. The van der Waals surface area contributed by atoms with Crippen molar-refractivity contribution >= 4 is 6.03 Å². The van der Waals surface area contributed by atoms with Crippen LogP contribution in [0.2, 0.25) is 0 Å². The van der Waals surface area contributed by atoms with E-state index in [0.717, 1.165) is 17.8 Å². The lowest BCUT2D eigenvalue weighted by Crippen LogP contribution is -2.62. The fourth-order valence-electron chi connectivity index (χ4n) is 5.58. The molecule has 4 heteroatoms. The van der Waals surface area contributed by atoms with Gasteiger partial charge in [-0.1, -0.05) is 0 Å². The summed E-state index contributed by atoms with van der Waals surface area (Å²) in [4.78, 5) is 12.4. The van der Waals surface area contributed by atoms with Crippen molar-refractivity contribution < 1.29 is 4.79 Å². The Labute approximate surface area is 121 Å². The predicted octanol–water partition coefficient (Wildman–Crippen LogP) is 1.99. The number of hydrogen-bond acceptors (Lipinski definition) is 2. The van der Waals surface area contributed by atoms with Gasteiger partial charge in [-0.05, 0) is 75.0 Å². The summed E-state index contributed by atoms with van der Waals surface area (Å²) in [7, 11) is 0. The van der Waals surface area contributed by atoms with Gasteiger partial charge < -0.3 is 16.4 Å². The SMILES string of the molecule is NCC(NC(=O)NC12CC3CC(CC(C3)C1)C2)C1CC1. The van der Waals surface area contributed by atoms with E-state index in [-0.39, 0.29) is 17.6 Å². The van der Waals surface area contributed by atoms with Gasteiger partial charge >= 0.3 is 6.03 Å². The molecule has 0 heterocycles. The minimum absolute atomic E-state index is 0.0364. The van der Waals surface area contributed by atoms with Crippen molar-refractivity contribution in [2.75, 3.05) is 6.54 Å². The highest BCUT2D eigenvalue weighted by molar-refractivity contribution is 5.75. The zero-order valence-corrected chi connectivity index (χ0v) is 12.2. The molecule has 4 nitrogen and oxygen atoms in total. The second kappa shape index (κ2) is 4.62. The highest BCUT2D eigenvalue weighted by Gasteiger charge is 2.51. The van der Waals surface area contributed by atoms with Gasteiger partial charge in [-0.3, -0.25) is 0 Å². The fourth-order valence-corrected chi connectivity index (χ4v) is 5.58. The van der Waals surface area contributed by atoms with Crippen LogP contribution >= 0.6 is 0 Å². The van der Waals surface area contributed by atoms with Crippen molar-refractivity contribution in [1.82, 2.24) is 10.6 Å². The predicted molar refractivity (Wildman–Crippen MR) is 78.1 cm³/mol. The van der Waals surface area contributed by atoms with Gasteiger partial charge in [0.15, 0.2) is 0 Å². The van der Waals surface area contributed by atoms with Crippen LogP contribution in [0.1, 0.15) is 51.4 Å². The van der Waals surface area contributed by atoms with E-state index in [1.807, 2.05) is 0 Å². The molecular weight excluding hydrogens is 250 g/mol. The van der Waals surface area contributed by atoms with E-state index >= 15 is 0 Å². The molecule has 5 aliphatic rings. The Balaban J connectivity index is 1.39. The summed E-state index contributed by atoms with van der Waals surface area (Å²) in [6.07, 6.45) is 10.3. The average molecular weight is 277 g/mol. The Morgan fingerprint density at radius 2 is 1.65 bits per heavy atom. The van der Waals surface area contributed by atoms with E-state index in [9.17, 15) is 4.79 Å². The molecule has 20 heavy (non-hydrogen) atoms. The molecule has 4 bridgehead atoms. The maximum atomic E-state index is 12.4. The van der Waals surface area contributed by atoms with Gasteiger partial charge in [-0.2, -0.15) is 0 Å². The summed E-state index contributed by atoms with van der Waals surface area (Å²) in [5, 5.41) is 6.49. The molecule has 112 valence electrons. The van der Waals surface area contributed by atoms with E-state index in [1.54, 1.807) is 0 Å². The molecule has 0 aromatic rings. The third-order valence-corrected chi connectivity index (χ3v) is 6.18. The molecule has 0 aromatic heterocycles. The van der Waals surface area contributed by atoms with Crippen LogP contribution in [0.4, 0.5) is 4.79 Å². The number of carbonyl (C=O) groups is 1. The standard InChI is InChI=1S/C16H27N3O/c17-9-14(13-1-2-13)18-15(20)19-16-6-10-3-11(7-16)5-12(4-10)8-16/h10-14H,1-9,17H2,(H2,18,19,20). The maximum absolute atomic E-state index is 12.4. The summed E-state index contributed by atoms with van der Waals surface area (Å²) in [5.74, 6) is 3.24. The van der Waals surface area contributed by atoms with E-state index < -0.39 is 0 Å². The minimum atomic E-state index is 0.0364. The molecular formula is C16H27N3O. The molecule has 0 saturated heterocycles. The van der Waals surface area contributed by atoms with Crippen molar-refractivity contribution in [2.45, 2.75) is 62.9 Å². The van der Waals surface area contributed by atoms with Gasteiger partial charge in [0.2, 0.25) is 0 Å². The molecule has 0 radical (unpaired) electrons. The highest BCUT2D eigenvalue weighted by Crippen LogP contribution is 2.55. The molecule has 1 unspecified atom stereocenters. The van der Waals surface area contributed by atoms with Crippen molar-refractivity contribution in [3.05, 3.63) is 0 Å². The van der Waals surface area contributed by atoms with Crippen LogP contribution in [0.3, 0.4) is 0 Å². The molecule has 5 rings (SSSR count). The van der Waals surface area contributed by atoms with E-state index in [2.05, 4.69) is 10.6 Å². The Morgan fingerprint density at radius 3 is 2.10 bits per heavy atom. The van der Waals surface area contributed by atoms with Gasteiger partial charge in [-0.15, -0.1) is 0 Å². The number of rotatable bonds is 4. The van der Waals surface area contributed by atoms with Crippen LogP contribution in [0.25, 0.3) is 0 Å². The highest BCUT2D eigenvalue weighted by atomic mass is 16.2. The van der Waals surface area contributed by atoms with Gasteiger partial charge in [0.05, 0.1) is 0 Å². The maximum Gasteiger partial charge on any atom is 0.315 e. The van der Waals surface area contributed by atoms with Gasteiger partial charge in [0, 0.05) is 18.1 Å². The smallest absolute Gasteiger partial charge is 0.315 e. The van der Waals surface area contributed by atoms with Crippen LogP contribution in [0.15, 0.2) is 0 Å². The van der Waals surface area contributed by atoms with Crippen molar-refractivity contribution in [3.8, 4) is 0 Å². The Hall–Kier alpha value is -0.770. The summed E-state index contributed by atoms with van der Waals surface area (Å²) in [5.41, 5.74) is 5.89. The number of carbonyl (C=O) groups excluding carboxylic acids is 1. The number of hydrogen-bond donors (Lipinski definition) is 3. The molecule has 4 N–H and O–H groups in total. The summed E-state index contributed by atoms with van der Waals surface area (Å²) < 4.78 is 0. The first kappa shape index (κ1) is 12.9. The van der Waals surface area contributed by atoms with Crippen LogP contribution < -0.4 is 16.4 Å². The van der Waals surface area contributed by atoms with Crippen LogP contribution in [-0.2, 0) is 0 Å². The van der Waals surface area contributed by atoms with Gasteiger partial charge in [0.1, 0.15) is 0 Å². The monoisotopic (exact) mass is 277 g/mol. The zero-order chi connectivity index (χ0) is 13.7. The Bertz CT molecular complexity index is 369.